The van der Waals surface area contributed by atoms with Gasteiger partial charge in [0.1, 0.15) is 5.82 Å². The Hall–Kier alpha value is -1.43. The second-order valence-corrected chi connectivity index (χ2v) is 4.16. The van der Waals surface area contributed by atoms with Crippen molar-refractivity contribution >= 4 is 27.7 Å². The molecule has 0 aliphatic heterocycles. The average molecular weight is 285 g/mol. The molecule has 2 N–H and O–H groups in total. The third-order valence-electron chi connectivity index (χ3n) is 1.70. The van der Waals surface area contributed by atoms with Crippen LogP contribution in [0.1, 0.15) is 17.4 Å². The zero-order valence-corrected chi connectivity index (χ0v) is 10.5. The molecule has 0 bridgehead atoms. The first kappa shape index (κ1) is 12.6. The van der Waals surface area contributed by atoms with Gasteiger partial charge in [-0.3, -0.25) is 4.79 Å². The number of hydrogen-bond donors (Lipinski definition) is 2. The van der Waals surface area contributed by atoms with Crippen molar-refractivity contribution in [2.75, 3.05) is 18.4 Å². The van der Waals surface area contributed by atoms with Crippen LogP contribution in [0, 0.1) is 0 Å². The molecule has 0 unspecified atom stereocenters. The summed E-state index contributed by atoms with van der Waals surface area (Å²) in [5.41, 5.74) is 0.310. The molecule has 0 radical (unpaired) electrons. The number of rotatable bonds is 5. The molecule has 1 aromatic rings. The summed E-state index contributed by atoms with van der Waals surface area (Å²) in [5, 5.41) is 13.3. The molecule has 86 valence electrons. The highest BCUT2D eigenvalue weighted by molar-refractivity contribution is 9.11. The second kappa shape index (κ2) is 6.22. The van der Waals surface area contributed by atoms with E-state index in [4.69, 9.17) is 0 Å². The van der Waals surface area contributed by atoms with Crippen LogP contribution in [0.15, 0.2) is 23.2 Å². The van der Waals surface area contributed by atoms with E-state index in [0.29, 0.717) is 24.6 Å². The van der Waals surface area contributed by atoms with Gasteiger partial charge in [0.2, 0.25) is 0 Å². The summed E-state index contributed by atoms with van der Waals surface area (Å²) in [6, 6.07) is 3.32. The van der Waals surface area contributed by atoms with Gasteiger partial charge in [0.05, 0.1) is 0 Å². The first-order valence-corrected chi connectivity index (χ1v) is 5.62. The van der Waals surface area contributed by atoms with Crippen molar-refractivity contribution in [3.05, 3.63) is 28.9 Å². The maximum absolute atomic E-state index is 11.4. The van der Waals surface area contributed by atoms with Gasteiger partial charge in [0.15, 0.2) is 5.69 Å². The Morgan fingerprint density at radius 3 is 2.75 bits per heavy atom. The standard InChI is InChI=1S/C10H13BrN4O/c1-3-12-10(16)8-4-5-9(15-14-8)13-6-7(2)11/h4-5H,2-3,6H2,1H3,(H,12,16)(H,13,15). The largest absolute Gasteiger partial charge is 0.364 e. The van der Waals surface area contributed by atoms with Crippen LogP contribution in [0.2, 0.25) is 0 Å². The van der Waals surface area contributed by atoms with Crippen molar-refractivity contribution in [1.82, 2.24) is 15.5 Å². The third kappa shape index (κ3) is 3.98. The van der Waals surface area contributed by atoms with Gasteiger partial charge in [-0.25, -0.2) is 0 Å². The molecule has 0 aliphatic rings. The van der Waals surface area contributed by atoms with Crippen molar-refractivity contribution in [2.24, 2.45) is 0 Å². The van der Waals surface area contributed by atoms with E-state index in [0.717, 1.165) is 4.48 Å². The molecule has 1 aromatic heterocycles. The number of carbonyl (C=O) groups is 1. The highest BCUT2D eigenvalue weighted by atomic mass is 79.9. The smallest absolute Gasteiger partial charge is 0.271 e. The lowest BCUT2D eigenvalue weighted by Gasteiger charge is -2.04. The lowest BCUT2D eigenvalue weighted by molar-refractivity contribution is 0.0950. The summed E-state index contributed by atoms with van der Waals surface area (Å²) in [5.74, 6) is 0.389. The fourth-order valence-electron chi connectivity index (χ4n) is 0.985. The Labute approximate surface area is 102 Å². The molecule has 1 heterocycles. The van der Waals surface area contributed by atoms with Gasteiger partial charge in [-0.15, -0.1) is 10.2 Å². The molecule has 0 spiro atoms. The number of anilines is 1. The average Bonchev–Trinajstić information content (AvgIpc) is 2.27. The van der Waals surface area contributed by atoms with E-state index in [9.17, 15) is 4.79 Å². The molecule has 6 heteroatoms. The quantitative estimate of drug-likeness (QED) is 0.861. The van der Waals surface area contributed by atoms with Gasteiger partial charge in [0.25, 0.3) is 5.91 Å². The van der Waals surface area contributed by atoms with E-state index >= 15 is 0 Å². The van der Waals surface area contributed by atoms with Crippen LogP contribution in [0.5, 0.6) is 0 Å². The van der Waals surface area contributed by atoms with E-state index in [1.165, 1.54) is 0 Å². The fourth-order valence-corrected chi connectivity index (χ4v) is 1.13. The molecule has 0 saturated carbocycles. The van der Waals surface area contributed by atoms with Crippen LogP contribution >= 0.6 is 15.9 Å². The Morgan fingerprint density at radius 1 is 1.50 bits per heavy atom. The summed E-state index contributed by atoms with van der Waals surface area (Å²) < 4.78 is 0.821. The second-order valence-electron chi connectivity index (χ2n) is 3.03. The zero-order chi connectivity index (χ0) is 12.0. The SMILES string of the molecule is C=C(Br)CNc1ccc(C(=O)NCC)nn1. The minimum Gasteiger partial charge on any atom is -0.364 e. The number of aromatic nitrogens is 2. The Bertz CT molecular complexity index is 377. The van der Waals surface area contributed by atoms with Gasteiger partial charge in [-0.2, -0.15) is 0 Å². The fraction of sp³-hybridized carbons (Fsp3) is 0.300. The van der Waals surface area contributed by atoms with Gasteiger partial charge < -0.3 is 10.6 Å². The van der Waals surface area contributed by atoms with Crippen LogP contribution in [-0.2, 0) is 0 Å². The van der Waals surface area contributed by atoms with Crippen molar-refractivity contribution in [3.63, 3.8) is 0 Å². The van der Waals surface area contributed by atoms with E-state index in [2.05, 4.69) is 43.3 Å². The molecule has 0 atom stereocenters. The van der Waals surface area contributed by atoms with Crippen molar-refractivity contribution in [1.29, 1.82) is 0 Å². The first-order valence-electron chi connectivity index (χ1n) is 4.82. The number of hydrogen-bond acceptors (Lipinski definition) is 4. The number of halogens is 1. The van der Waals surface area contributed by atoms with E-state index in [-0.39, 0.29) is 5.91 Å². The molecule has 1 amide bonds. The number of nitrogens with one attached hydrogen (secondary N) is 2. The molecule has 16 heavy (non-hydrogen) atoms. The molecule has 5 nitrogen and oxygen atoms in total. The van der Waals surface area contributed by atoms with Crippen LogP contribution < -0.4 is 10.6 Å². The molecule has 0 saturated heterocycles. The first-order chi connectivity index (χ1) is 7.63. The van der Waals surface area contributed by atoms with Crippen molar-refractivity contribution in [3.8, 4) is 0 Å². The summed E-state index contributed by atoms with van der Waals surface area (Å²) in [7, 11) is 0. The number of carbonyl (C=O) groups excluding carboxylic acids is 1. The van der Waals surface area contributed by atoms with E-state index in [1.54, 1.807) is 12.1 Å². The lowest BCUT2D eigenvalue weighted by Crippen LogP contribution is -2.24. The summed E-state index contributed by atoms with van der Waals surface area (Å²) in [4.78, 5) is 11.4. The summed E-state index contributed by atoms with van der Waals surface area (Å²) >= 11 is 3.22. The summed E-state index contributed by atoms with van der Waals surface area (Å²) in [6.45, 7) is 6.67. The zero-order valence-electron chi connectivity index (χ0n) is 8.96. The topological polar surface area (TPSA) is 66.9 Å². The molecule has 1 rings (SSSR count). The lowest BCUT2D eigenvalue weighted by atomic mass is 10.3. The minimum atomic E-state index is -0.216. The third-order valence-corrected chi connectivity index (χ3v) is 1.98. The van der Waals surface area contributed by atoms with Gasteiger partial charge in [-0.1, -0.05) is 22.5 Å². The maximum Gasteiger partial charge on any atom is 0.271 e. The van der Waals surface area contributed by atoms with E-state index < -0.39 is 0 Å². The highest BCUT2D eigenvalue weighted by Crippen LogP contribution is 2.05. The molecule has 0 aliphatic carbocycles. The molecular weight excluding hydrogens is 272 g/mol. The van der Waals surface area contributed by atoms with Gasteiger partial charge >= 0.3 is 0 Å². The predicted octanol–water partition coefficient (Wildman–Crippen LogP) is 1.55. The van der Waals surface area contributed by atoms with Gasteiger partial charge in [0, 0.05) is 17.6 Å². The Kier molecular flexibility index (Phi) is 4.91. The minimum absolute atomic E-state index is 0.216. The predicted molar refractivity (Wildman–Crippen MR) is 66.6 cm³/mol. The number of nitrogens with zero attached hydrogens (tertiary/aromatic N) is 2. The molecule has 0 fully saturated rings. The molecular formula is C10H13BrN4O. The van der Waals surface area contributed by atoms with Crippen molar-refractivity contribution in [2.45, 2.75) is 6.92 Å². The van der Waals surface area contributed by atoms with Crippen LogP contribution in [0.3, 0.4) is 0 Å². The Balaban J connectivity index is 2.60. The monoisotopic (exact) mass is 284 g/mol. The number of amides is 1. The summed E-state index contributed by atoms with van der Waals surface area (Å²) in [6.07, 6.45) is 0. The molecule has 0 aromatic carbocycles. The van der Waals surface area contributed by atoms with Gasteiger partial charge in [-0.05, 0) is 19.1 Å². The van der Waals surface area contributed by atoms with Crippen molar-refractivity contribution < 1.29 is 4.79 Å². The van der Waals surface area contributed by atoms with Crippen LogP contribution in [-0.4, -0.2) is 29.2 Å². The Morgan fingerprint density at radius 2 is 2.25 bits per heavy atom. The normalized spacial score (nSPS) is 9.62. The van der Waals surface area contributed by atoms with Crippen LogP contribution in [0.25, 0.3) is 0 Å². The van der Waals surface area contributed by atoms with Crippen LogP contribution in [0.4, 0.5) is 5.82 Å². The maximum atomic E-state index is 11.4. The van der Waals surface area contributed by atoms with E-state index in [1.807, 2.05) is 6.92 Å². The highest BCUT2D eigenvalue weighted by Gasteiger charge is 2.05.